The zero-order chi connectivity index (χ0) is 93.3. The summed E-state index contributed by atoms with van der Waals surface area (Å²) in [4.78, 5) is 97.1. The summed E-state index contributed by atoms with van der Waals surface area (Å²) in [6.07, 6.45) is 56.4. The van der Waals surface area contributed by atoms with Gasteiger partial charge in [0.05, 0.1) is 64.6 Å². The van der Waals surface area contributed by atoms with Crippen molar-refractivity contribution >= 4 is 160 Å². The molecule has 0 saturated carbocycles. The lowest BCUT2D eigenvalue weighted by molar-refractivity contribution is -0.124. The van der Waals surface area contributed by atoms with Gasteiger partial charge in [-0.25, -0.2) is 0 Å². The molecule has 0 aliphatic carbocycles. The van der Waals surface area contributed by atoms with Crippen molar-refractivity contribution in [3.8, 4) is 68.3 Å². The fourth-order valence-corrected chi connectivity index (χ4v) is 31.2. The van der Waals surface area contributed by atoms with Crippen LogP contribution in [0.5, 0.6) is 0 Å². The maximum atomic E-state index is 16.9. The molecule has 4 atom stereocenters. The maximum absolute atomic E-state index is 16.9. The molecule has 0 radical (unpaired) electrons. The van der Waals surface area contributed by atoms with Crippen LogP contribution in [0.3, 0.4) is 0 Å². The summed E-state index contributed by atoms with van der Waals surface area (Å²) >= 11 is 17.8. The van der Waals surface area contributed by atoms with Gasteiger partial charge < -0.3 is 19.6 Å². The highest BCUT2D eigenvalue weighted by Crippen LogP contribution is 2.56. The highest BCUT2D eigenvalue weighted by molar-refractivity contribution is 7.29. The minimum Gasteiger partial charge on any atom is -0.306 e. The maximum Gasteiger partial charge on any atom is 0.261 e. The summed E-state index contributed by atoms with van der Waals surface area (Å²) in [6.45, 7) is 20.7. The van der Waals surface area contributed by atoms with Gasteiger partial charge in [0.25, 0.3) is 23.6 Å². The van der Waals surface area contributed by atoms with E-state index in [1.165, 1.54) is 254 Å². The van der Waals surface area contributed by atoms with Crippen LogP contribution in [0.4, 0.5) is 0 Å². The Bertz CT molecular complexity index is 5070. The van der Waals surface area contributed by atoms with Crippen molar-refractivity contribution in [3.05, 3.63) is 174 Å². The first-order valence-electron chi connectivity index (χ1n) is 53.0. The summed E-state index contributed by atoms with van der Waals surface area (Å²) in [7, 11) is 0. The largest absolute Gasteiger partial charge is 0.306 e. The zero-order valence-electron chi connectivity index (χ0n) is 82.3. The molecule has 4 unspecified atom stereocenters. The Morgan fingerprint density at radius 3 is 0.507 bits per heavy atom. The summed E-state index contributed by atoms with van der Waals surface area (Å²) in [6, 6.07) is 44.8. The van der Waals surface area contributed by atoms with Crippen molar-refractivity contribution in [2.75, 3.05) is 26.2 Å². The van der Waals surface area contributed by atoms with E-state index < -0.39 is 0 Å². The number of fused-ring (bicyclic) bond motifs is 2. The molecule has 4 aliphatic rings. The molecule has 722 valence electrons. The van der Waals surface area contributed by atoms with Gasteiger partial charge in [-0.2, -0.15) is 0 Å². The molecule has 0 aromatic carbocycles. The van der Waals surface area contributed by atoms with E-state index in [0.717, 1.165) is 165 Å². The average Bonchev–Trinajstić information content (AvgIpc) is 1.55. The molecule has 0 bridgehead atoms. The molecular weight excluding hydrogens is 1830 g/mol. The molecule has 0 fully saturated rings. The highest BCUT2D eigenvalue weighted by atomic mass is 32.1. The molecule has 4 aliphatic heterocycles. The Balaban J connectivity index is 0.892. The first kappa shape index (κ1) is 104. The van der Waals surface area contributed by atoms with Crippen LogP contribution in [0.15, 0.2) is 154 Å². The van der Waals surface area contributed by atoms with Crippen molar-refractivity contribution in [3.63, 3.8) is 0 Å². The van der Waals surface area contributed by atoms with Crippen LogP contribution in [0, 0.1) is 23.7 Å². The number of amides is 4. The summed E-state index contributed by atoms with van der Waals surface area (Å²) in [5.41, 5.74) is 5.53. The van der Waals surface area contributed by atoms with Crippen molar-refractivity contribution < 1.29 is 19.2 Å². The second-order valence-electron chi connectivity index (χ2n) is 38.9. The minimum atomic E-state index is -0.0285. The SMILES string of the molecule is CCCCCCCCC(CCCCCC)CN1C(=O)C2=C(c3ccc(-c4ccc(-c5ccc(-c6cccs6)s5)s4)s3)N(CC(CCCCCC)CCCCCCCC)C(=O)C2=C1c1ccc(-c2ccc(C3=C4C(=O)N(CC(CCCCCC)CCCCCCCC)C(c5ccc(-c6ccc(-c7ccc(-c8cccs8)s7)s6)s5)=C4C(=O)N3CC(CCCCCC)CCCCCCCC)s2)s1. The van der Waals surface area contributed by atoms with Crippen LogP contribution in [0.1, 0.15) is 383 Å². The smallest absolute Gasteiger partial charge is 0.261 e. The van der Waals surface area contributed by atoms with Crippen LogP contribution >= 0.6 is 113 Å². The second kappa shape index (κ2) is 54.6. The molecule has 10 aromatic heterocycles. The van der Waals surface area contributed by atoms with Crippen LogP contribution in [0.25, 0.3) is 91.1 Å². The first-order valence-corrected chi connectivity index (χ1v) is 61.3. The van der Waals surface area contributed by atoms with Crippen molar-refractivity contribution in [2.24, 2.45) is 23.7 Å². The topological polar surface area (TPSA) is 81.2 Å². The molecule has 0 spiro atoms. The van der Waals surface area contributed by atoms with Gasteiger partial charge in [-0.1, -0.05) is 324 Å². The standard InChI is InChI=1S/C116H154N4O4S10/c1-9-17-25-33-37-45-55-83(51-41-29-21-13-5)79-117-109(101-73-69-97(131-101)95-67-65-93(129-95)91-63-61-89(127-91)87-59-49-77-125-87)105-107(115(117)123)111(119(113(105)121)81-85(53-43-31-23-15-7)57-47-39-35-27-19-11-3)103-75-71-99(133-103)100-72-76-104(134-100)112-108-106(114(122)120(112)82-86(54-44-32-24-16-8)58-48-40-36-28-20-12-4)110(118(116(108)124)80-84(52-42-30-22-14-6)56-46-38-34-26-18-10-2)102-74-70-98(132-102)96-68-66-94(130-96)92-64-62-90(128-92)88-60-50-78-126-88/h49-50,59-78,83-86H,9-48,51-58,79-82H2,1-8H3. The molecule has 10 aromatic rings. The van der Waals surface area contributed by atoms with Gasteiger partial charge in [0, 0.05) is 94.5 Å². The molecule has 4 amide bonds. The second-order valence-corrected chi connectivity index (χ2v) is 49.5. The molecule has 14 heterocycles. The molecule has 0 N–H and O–H groups in total. The number of hydrogen-bond acceptors (Lipinski definition) is 14. The van der Waals surface area contributed by atoms with E-state index in [1.807, 2.05) is 45.3 Å². The van der Waals surface area contributed by atoms with Crippen LogP contribution < -0.4 is 0 Å². The van der Waals surface area contributed by atoms with E-state index >= 15 is 19.2 Å². The quantitative estimate of drug-likeness (QED) is 0.0356. The highest BCUT2D eigenvalue weighted by Gasteiger charge is 2.53. The van der Waals surface area contributed by atoms with Crippen molar-refractivity contribution in [1.82, 2.24) is 19.6 Å². The first-order chi connectivity index (χ1) is 65.9. The van der Waals surface area contributed by atoms with Crippen molar-refractivity contribution in [2.45, 2.75) is 364 Å². The molecule has 134 heavy (non-hydrogen) atoms. The number of carbonyl (C=O) groups is 4. The van der Waals surface area contributed by atoms with E-state index in [4.69, 9.17) is 0 Å². The van der Waals surface area contributed by atoms with E-state index in [-0.39, 0.29) is 47.3 Å². The Labute approximate surface area is 846 Å². The van der Waals surface area contributed by atoms with Crippen molar-refractivity contribution in [1.29, 1.82) is 0 Å². The van der Waals surface area contributed by atoms with Gasteiger partial charge in [-0.05, 0) is 195 Å². The third-order valence-electron chi connectivity index (χ3n) is 28.4. The van der Waals surface area contributed by atoms with E-state index in [9.17, 15) is 0 Å². The molecule has 8 nitrogen and oxygen atoms in total. The van der Waals surface area contributed by atoms with E-state index in [0.29, 0.717) is 48.5 Å². The number of unbranched alkanes of at least 4 members (excludes halogenated alkanes) is 32. The number of nitrogens with zero attached hydrogens (tertiary/aromatic N) is 4. The lowest BCUT2D eigenvalue weighted by atomic mass is 9.93. The molecular formula is C116H154N4O4S10. The number of rotatable bonds is 67. The summed E-state index contributed by atoms with van der Waals surface area (Å²) in [5, 5.41) is 4.31. The van der Waals surface area contributed by atoms with Gasteiger partial charge >= 0.3 is 0 Å². The van der Waals surface area contributed by atoms with Crippen LogP contribution in [-0.2, 0) is 19.2 Å². The third-order valence-corrected chi connectivity index (χ3v) is 40.2. The van der Waals surface area contributed by atoms with E-state index in [1.54, 1.807) is 68.0 Å². The summed E-state index contributed by atoms with van der Waals surface area (Å²) in [5.74, 6) is 0.980. The predicted molar refractivity (Wildman–Crippen MR) is 592 cm³/mol. The van der Waals surface area contributed by atoms with Crippen LogP contribution in [-0.4, -0.2) is 69.4 Å². The van der Waals surface area contributed by atoms with Gasteiger partial charge in [0.1, 0.15) is 0 Å². The third kappa shape index (κ3) is 27.3. The average molecular weight is 1990 g/mol. The zero-order valence-corrected chi connectivity index (χ0v) is 90.4. The molecule has 18 heteroatoms. The van der Waals surface area contributed by atoms with Gasteiger partial charge in [0.15, 0.2) is 0 Å². The van der Waals surface area contributed by atoms with Gasteiger partial charge in [-0.15, -0.1) is 113 Å². The monoisotopic (exact) mass is 1990 g/mol. The molecule has 14 rings (SSSR count). The lowest BCUT2D eigenvalue weighted by Gasteiger charge is -2.29. The number of carbonyl (C=O) groups excluding carboxylic acids is 4. The Morgan fingerprint density at radius 1 is 0.187 bits per heavy atom. The number of thiophene rings is 10. The fourth-order valence-electron chi connectivity index (χ4n) is 20.8. The van der Waals surface area contributed by atoms with Gasteiger partial charge in [0.2, 0.25) is 0 Å². The number of hydrogen-bond donors (Lipinski definition) is 0. The van der Waals surface area contributed by atoms with Gasteiger partial charge in [-0.3, -0.25) is 19.2 Å². The lowest BCUT2D eigenvalue weighted by Crippen LogP contribution is -2.34. The fraction of sp³-hybridized carbons (Fsp3) is 0.552. The predicted octanol–water partition coefficient (Wildman–Crippen LogP) is 38.9. The Kier molecular flexibility index (Phi) is 42.2. The Hall–Kier alpha value is -6.16. The molecule has 0 saturated heterocycles. The Morgan fingerprint density at radius 2 is 0.336 bits per heavy atom. The van der Waals surface area contributed by atoms with E-state index in [2.05, 4.69) is 207 Å². The normalized spacial score (nSPS) is 15.1. The minimum absolute atomic E-state index is 0.0285. The van der Waals surface area contributed by atoms with Crippen LogP contribution in [0.2, 0.25) is 0 Å². The summed E-state index contributed by atoms with van der Waals surface area (Å²) < 4.78 is 0.